The summed E-state index contributed by atoms with van der Waals surface area (Å²) in [6.07, 6.45) is 3.94. The third kappa shape index (κ3) is 1.93. The smallest absolute Gasteiger partial charge is 0.149 e. The maximum absolute atomic E-state index is 13.8. The van der Waals surface area contributed by atoms with E-state index in [0.29, 0.717) is 11.4 Å². The van der Waals surface area contributed by atoms with E-state index in [4.69, 9.17) is 0 Å². The van der Waals surface area contributed by atoms with Gasteiger partial charge >= 0.3 is 0 Å². The second-order valence-corrected chi connectivity index (χ2v) is 4.98. The fourth-order valence-corrected chi connectivity index (χ4v) is 2.52. The lowest BCUT2D eigenvalue weighted by Crippen LogP contribution is -2.31. The van der Waals surface area contributed by atoms with Crippen LogP contribution in [0.1, 0.15) is 31.4 Å². The molecule has 4 heteroatoms. The molecule has 0 bridgehead atoms. The zero-order chi connectivity index (χ0) is 11.8. The van der Waals surface area contributed by atoms with E-state index in [2.05, 4.69) is 22.4 Å². The minimum atomic E-state index is -0.213. The van der Waals surface area contributed by atoms with E-state index in [1.807, 2.05) is 6.07 Å². The van der Waals surface area contributed by atoms with Crippen molar-refractivity contribution in [2.45, 2.75) is 25.8 Å². The molecule has 1 aromatic carbocycles. The molecule has 0 saturated carbocycles. The third-order valence-electron chi connectivity index (χ3n) is 3.59. The maximum Gasteiger partial charge on any atom is 0.149 e. The second-order valence-electron chi connectivity index (χ2n) is 4.98. The highest BCUT2D eigenvalue weighted by Gasteiger charge is 2.20. The fourth-order valence-electron chi connectivity index (χ4n) is 2.52. The monoisotopic (exact) mass is 233 g/mol. The zero-order valence-corrected chi connectivity index (χ0v) is 9.83. The Bertz CT molecular complexity index is 526. The third-order valence-corrected chi connectivity index (χ3v) is 3.59. The lowest BCUT2D eigenvalue weighted by atomic mass is 9.91. The SMILES string of the molecule is CC1CCC(c2cc(F)c3[nH]ncc3c2)NC1. The molecule has 2 N–H and O–H groups in total. The van der Waals surface area contributed by atoms with E-state index >= 15 is 0 Å². The molecule has 90 valence electrons. The molecule has 1 aromatic heterocycles. The summed E-state index contributed by atoms with van der Waals surface area (Å²) in [7, 11) is 0. The highest BCUT2D eigenvalue weighted by atomic mass is 19.1. The Hall–Kier alpha value is -1.42. The quantitative estimate of drug-likeness (QED) is 0.795. The Kier molecular flexibility index (Phi) is 2.59. The summed E-state index contributed by atoms with van der Waals surface area (Å²) in [6, 6.07) is 3.92. The van der Waals surface area contributed by atoms with E-state index in [0.717, 1.165) is 23.9 Å². The van der Waals surface area contributed by atoms with Crippen LogP contribution in [0.2, 0.25) is 0 Å². The standard InChI is InChI=1S/C13H16FN3/c1-8-2-3-12(15-6-8)9-4-10-7-16-17-13(10)11(14)5-9/h4-5,7-8,12,15H,2-3,6H2,1H3,(H,16,17). The number of rotatable bonds is 1. The zero-order valence-electron chi connectivity index (χ0n) is 9.83. The maximum atomic E-state index is 13.8. The van der Waals surface area contributed by atoms with Crippen molar-refractivity contribution >= 4 is 10.9 Å². The molecule has 0 aliphatic carbocycles. The highest BCUT2D eigenvalue weighted by molar-refractivity contribution is 5.79. The van der Waals surface area contributed by atoms with Crippen molar-refractivity contribution < 1.29 is 4.39 Å². The van der Waals surface area contributed by atoms with Gasteiger partial charge in [-0.15, -0.1) is 0 Å². The van der Waals surface area contributed by atoms with Gasteiger partial charge < -0.3 is 5.32 Å². The van der Waals surface area contributed by atoms with Crippen molar-refractivity contribution in [2.24, 2.45) is 5.92 Å². The molecule has 1 fully saturated rings. The van der Waals surface area contributed by atoms with E-state index in [-0.39, 0.29) is 11.9 Å². The van der Waals surface area contributed by atoms with Crippen LogP contribution >= 0.6 is 0 Å². The molecule has 1 saturated heterocycles. The van der Waals surface area contributed by atoms with Gasteiger partial charge in [-0.05, 0) is 43.0 Å². The van der Waals surface area contributed by atoms with Gasteiger partial charge in [0.25, 0.3) is 0 Å². The van der Waals surface area contributed by atoms with Crippen molar-refractivity contribution in [3.63, 3.8) is 0 Å². The number of aromatic amines is 1. The first kappa shape index (κ1) is 10.7. The van der Waals surface area contributed by atoms with Gasteiger partial charge in [0, 0.05) is 11.4 Å². The molecule has 2 aromatic rings. The summed E-state index contributed by atoms with van der Waals surface area (Å²) in [6.45, 7) is 3.25. The molecule has 3 nitrogen and oxygen atoms in total. The summed E-state index contributed by atoms with van der Waals surface area (Å²) in [5.41, 5.74) is 1.53. The molecular formula is C13H16FN3. The first-order valence-electron chi connectivity index (χ1n) is 6.10. The average molecular weight is 233 g/mol. The Morgan fingerprint density at radius 2 is 2.24 bits per heavy atom. The van der Waals surface area contributed by atoms with Gasteiger partial charge in [0.1, 0.15) is 11.3 Å². The minimum absolute atomic E-state index is 0.213. The lowest BCUT2D eigenvalue weighted by Gasteiger charge is -2.28. The van der Waals surface area contributed by atoms with Gasteiger partial charge in [-0.1, -0.05) is 6.92 Å². The predicted octanol–water partition coefficient (Wildman–Crippen LogP) is 2.76. The van der Waals surface area contributed by atoms with Gasteiger partial charge in [-0.2, -0.15) is 5.10 Å². The summed E-state index contributed by atoms with van der Waals surface area (Å²) in [5.74, 6) is 0.504. The topological polar surface area (TPSA) is 40.7 Å². The summed E-state index contributed by atoms with van der Waals surface area (Å²) in [4.78, 5) is 0. The van der Waals surface area contributed by atoms with E-state index in [9.17, 15) is 4.39 Å². The van der Waals surface area contributed by atoms with Gasteiger partial charge in [0.05, 0.1) is 6.20 Å². The van der Waals surface area contributed by atoms with E-state index < -0.39 is 0 Å². The normalized spacial score (nSPS) is 25.3. The Labute approximate surface area is 99.4 Å². The Balaban J connectivity index is 1.94. The Morgan fingerprint density at radius 1 is 1.35 bits per heavy atom. The summed E-state index contributed by atoms with van der Waals surface area (Å²) >= 11 is 0. The fraction of sp³-hybridized carbons (Fsp3) is 0.462. The van der Waals surface area contributed by atoms with Crippen molar-refractivity contribution in [3.8, 4) is 0 Å². The van der Waals surface area contributed by atoms with Crippen molar-refractivity contribution in [3.05, 3.63) is 29.7 Å². The number of nitrogens with zero attached hydrogens (tertiary/aromatic N) is 1. The molecular weight excluding hydrogens is 217 g/mol. The first-order chi connectivity index (χ1) is 8.24. The van der Waals surface area contributed by atoms with Crippen molar-refractivity contribution in [2.75, 3.05) is 6.54 Å². The molecule has 2 atom stereocenters. The largest absolute Gasteiger partial charge is 0.310 e. The molecule has 17 heavy (non-hydrogen) atoms. The van der Waals surface area contributed by atoms with Gasteiger partial charge in [-0.25, -0.2) is 4.39 Å². The molecule has 0 amide bonds. The number of hydrogen-bond donors (Lipinski definition) is 2. The van der Waals surface area contributed by atoms with E-state index in [1.165, 1.54) is 6.42 Å². The van der Waals surface area contributed by atoms with Crippen LogP contribution < -0.4 is 5.32 Å². The predicted molar refractivity (Wildman–Crippen MR) is 65.2 cm³/mol. The van der Waals surface area contributed by atoms with E-state index in [1.54, 1.807) is 12.3 Å². The number of hydrogen-bond acceptors (Lipinski definition) is 2. The second kappa shape index (κ2) is 4.11. The Morgan fingerprint density at radius 3 is 3.00 bits per heavy atom. The van der Waals surface area contributed by atoms with Crippen LogP contribution in [0.4, 0.5) is 4.39 Å². The van der Waals surface area contributed by atoms with Gasteiger partial charge in [-0.3, -0.25) is 5.10 Å². The molecule has 3 rings (SSSR count). The van der Waals surface area contributed by atoms with Crippen LogP contribution in [0.3, 0.4) is 0 Å². The van der Waals surface area contributed by atoms with Crippen LogP contribution in [0.15, 0.2) is 18.3 Å². The van der Waals surface area contributed by atoms with Crippen LogP contribution in [0, 0.1) is 11.7 Å². The van der Waals surface area contributed by atoms with Crippen molar-refractivity contribution in [1.82, 2.24) is 15.5 Å². The molecule has 2 unspecified atom stereocenters. The molecule has 0 radical (unpaired) electrons. The van der Waals surface area contributed by atoms with Gasteiger partial charge in [0.2, 0.25) is 0 Å². The molecule has 0 spiro atoms. The lowest BCUT2D eigenvalue weighted by molar-refractivity contribution is 0.332. The van der Waals surface area contributed by atoms with Crippen LogP contribution in [0.5, 0.6) is 0 Å². The molecule has 2 heterocycles. The van der Waals surface area contributed by atoms with Crippen LogP contribution in [-0.4, -0.2) is 16.7 Å². The minimum Gasteiger partial charge on any atom is -0.310 e. The highest BCUT2D eigenvalue weighted by Crippen LogP contribution is 2.28. The van der Waals surface area contributed by atoms with Crippen LogP contribution in [-0.2, 0) is 0 Å². The number of H-pyrrole nitrogens is 1. The summed E-state index contributed by atoms with van der Waals surface area (Å²) in [5, 5.41) is 10.9. The number of aromatic nitrogens is 2. The number of halogens is 1. The first-order valence-corrected chi connectivity index (χ1v) is 6.10. The number of benzene rings is 1. The van der Waals surface area contributed by atoms with Crippen molar-refractivity contribution in [1.29, 1.82) is 0 Å². The molecule has 1 aliphatic heterocycles. The number of nitrogens with one attached hydrogen (secondary N) is 2. The number of fused-ring (bicyclic) bond motifs is 1. The van der Waals surface area contributed by atoms with Gasteiger partial charge in [0.15, 0.2) is 0 Å². The van der Waals surface area contributed by atoms with Crippen LogP contribution in [0.25, 0.3) is 10.9 Å². The summed E-state index contributed by atoms with van der Waals surface area (Å²) < 4.78 is 13.8. The average Bonchev–Trinajstić information content (AvgIpc) is 2.78. The molecule has 1 aliphatic rings. The number of piperidine rings is 1.